The van der Waals surface area contributed by atoms with Crippen molar-refractivity contribution in [1.29, 1.82) is 0 Å². The SMILES string of the molecule is CCCCCCCCCCC(O)CCCc1ccc(Nc2ccccc2)cc1. The summed E-state index contributed by atoms with van der Waals surface area (Å²) in [4.78, 5) is 0. The molecule has 0 saturated carbocycles. The van der Waals surface area contributed by atoms with Gasteiger partial charge in [-0.1, -0.05) is 88.6 Å². The maximum atomic E-state index is 10.2. The summed E-state index contributed by atoms with van der Waals surface area (Å²) in [5.74, 6) is 0. The zero-order valence-corrected chi connectivity index (χ0v) is 17.7. The number of unbranched alkanes of at least 4 members (excludes halogenated alkanes) is 7. The Labute approximate surface area is 172 Å². The second-order valence-electron chi connectivity index (χ2n) is 8.00. The summed E-state index contributed by atoms with van der Waals surface area (Å²) >= 11 is 0. The Balaban J connectivity index is 1.52. The summed E-state index contributed by atoms with van der Waals surface area (Å²) in [6.45, 7) is 2.26. The number of hydrogen-bond acceptors (Lipinski definition) is 2. The van der Waals surface area contributed by atoms with Crippen LogP contribution in [0.1, 0.15) is 83.1 Å². The third kappa shape index (κ3) is 9.94. The number of anilines is 2. The average Bonchev–Trinajstić information content (AvgIpc) is 2.72. The first-order valence-electron chi connectivity index (χ1n) is 11.4. The fourth-order valence-electron chi connectivity index (χ4n) is 3.64. The Hall–Kier alpha value is -1.80. The lowest BCUT2D eigenvalue weighted by molar-refractivity contribution is 0.148. The van der Waals surface area contributed by atoms with Crippen LogP contribution in [0.15, 0.2) is 54.6 Å². The van der Waals surface area contributed by atoms with Gasteiger partial charge < -0.3 is 10.4 Å². The van der Waals surface area contributed by atoms with Crippen LogP contribution in [0.2, 0.25) is 0 Å². The summed E-state index contributed by atoms with van der Waals surface area (Å²) in [7, 11) is 0. The fraction of sp³-hybridized carbons (Fsp3) is 0.538. The molecule has 2 aromatic rings. The minimum atomic E-state index is -0.126. The van der Waals surface area contributed by atoms with Crippen molar-refractivity contribution in [2.75, 3.05) is 5.32 Å². The zero-order chi connectivity index (χ0) is 19.9. The van der Waals surface area contributed by atoms with Gasteiger partial charge >= 0.3 is 0 Å². The summed E-state index contributed by atoms with van der Waals surface area (Å²) in [6.07, 6.45) is 14.5. The highest BCUT2D eigenvalue weighted by molar-refractivity contribution is 5.59. The molecule has 0 bridgehead atoms. The van der Waals surface area contributed by atoms with E-state index in [1.165, 1.54) is 56.9 Å². The van der Waals surface area contributed by atoms with Crippen LogP contribution in [0, 0.1) is 0 Å². The smallest absolute Gasteiger partial charge is 0.0540 e. The van der Waals surface area contributed by atoms with Crippen molar-refractivity contribution in [2.45, 2.75) is 90.1 Å². The van der Waals surface area contributed by atoms with Gasteiger partial charge in [0.1, 0.15) is 0 Å². The molecule has 0 aromatic heterocycles. The van der Waals surface area contributed by atoms with E-state index in [1.807, 2.05) is 18.2 Å². The second kappa shape index (κ2) is 14.2. The van der Waals surface area contributed by atoms with Gasteiger partial charge in [-0.15, -0.1) is 0 Å². The standard InChI is InChI=1S/C26H39NO/c1-2-3-4-5-6-7-8-12-17-26(28)18-13-14-23-19-21-25(22-20-23)27-24-15-10-9-11-16-24/h9-11,15-16,19-22,26-28H,2-8,12-14,17-18H2,1H3. The molecule has 0 aliphatic heterocycles. The molecule has 0 radical (unpaired) electrons. The van der Waals surface area contributed by atoms with Gasteiger partial charge in [0, 0.05) is 11.4 Å². The molecular weight excluding hydrogens is 342 g/mol. The van der Waals surface area contributed by atoms with Crippen LogP contribution < -0.4 is 5.32 Å². The van der Waals surface area contributed by atoms with Crippen LogP contribution in [-0.2, 0) is 6.42 Å². The molecule has 0 amide bonds. The molecule has 1 atom stereocenters. The lowest BCUT2D eigenvalue weighted by Crippen LogP contribution is -2.06. The summed E-state index contributed by atoms with van der Waals surface area (Å²) < 4.78 is 0. The summed E-state index contributed by atoms with van der Waals surface area (Å²) in [5, 5.41) is 13.6. The third-order valence-corrected chi connectivity index (χ3v) is 5.41. The molecule has 154 valence electrons. The van der Waals surface area contributed by atoms with Crippen molar-refractivity contribution in [3.8, 4) is 0 Å². The molecule has 0 saturated heterocycles. The van der Waals surface area contributed by atoms with Gasteiger partial charge in [-0.25, -0.2) is 0 Å². The Morgan fingerprint density at radius 3 is 1.93 bits per heavy atom. The Kier molecular flexibility index (Phi) is 11.4. The lowest BCUT2D eigenvalue weighted by Gasteiger charge is -2.11. The van der Waals surface area contributed by atoms with Crippen LogP contribution in [0.4, 0.5) is 11.4 Å². The van der Waals surface area contributed by atoms with E-state index < -0.39 is 0 Å². The van der Waals surface area contributed by atoms with Crippen molar-refractivity contribution >= 4 is 11.4 Å². The number of hydrogen-bond donors (Lipinski definition) is 2. The molecule has 2 nitrogen and oxygen atoms in total. The van der Waals surface area contributed by atoms with Gasteiger partial charge in [-0.2, -0.15) is 0 Å². The first-order chi connectivity index (χ1) is 13.8. The van der Waals surface area contributed by atoms with E-state index >= 15 is 0 Å². The summed E-state index contributed by atoms with van der Waals surface area (Å²) in [6, 6.07) is 18.9. The van der Waals surface area contributed by atoms with E-state index in [1.54, 1.807) is 0 Å². The quantitative estimate of drug-likeness (QED) is 0.311. The van der Waals surface area contributed by atoms with E-state index in [2.05, 4.69) is 48.6 Å². The van der Waals surface area contributed by atoms with Crippen LogP contribution in [0.25, 0.3) is 0 Å². The predicted octanol–water partition coefficient (Wildman–Crippen LogP) is 7.64. The molecule has 1 unspecified atom stereocenters. The maximum absolute atomic E-state index is 10.2. The molecular formula is C26H39NO. The average molecular weight is 382 g/mol. The molecule has 0 spiro atoms. The first kappa shape index (κ1) is 22.5. The van der Waals surface area contributed by atoms with E-state index in [9.17, 15) is 5.11 Å². The number of para-hydroxylation sites is 1. The Morgan fingerprint density at radius 2 is 1.25 bits per heavy atom. The molecule has 0 aliphatic rings. The van der Waals surface area contributed by atoms with Crippen LogP contribution >= 0.6 is 0 Å². The van der Waals surface area contributed by atoms with Crippen LogP contribution in [0.3, 0.4) is 0 Å². The van der Waals surface area contributed by atoms with E-state index in [4.69, 9.17) is 0 Å². The molecule has 2 aromatic carbocycles. The van der Waals surface area contributed by atoms with E-state index in [0.29, 0.717) is 0 Å². The van der Waals surface area contributed by atoms with Crippen molar-refractivity contribution in [3.63, 3.8) is 0 Å². The molecule has 2 rings (SSSR count). The van der Waals surface area contributed by atoms with Gasteiger partial charge in [0.05, 0.1) is 6.10 Å². The highest BCUT2D eigenvalue weighted by Crippen LogP contribution is 2.18. The fourth-order valence-corrected chi connectivity index (χ4v) is 3.64. The van der Waals surface area contributed by atoms with Gasteiger partial charge in [-0.3, -0.25) is 0 Å². The van der Waals surface area contributed by atoms with Gasteiger partial charge in [0.2, 0.25) is 0 Å². The predicted molar refractivity (Wildman–Crippen MR) is 122 cm³/mol. The minimum Gasteiger partial charge on any atom is -0.393 e. The Bertz CT molecular complexity index is 608. The minimum absolute atomic E-state index is 0.126. The van der Waals surface area contributed by atoms with Gasteiger partial charge in [0.15, 0.2) is 0 Å². The number of nitrogens with one attached hydrogen (secondary N) is 1. The molecule has 0 aliphatic carbocycles. The number of aryl methyl sites for hydroxylation is 1. The molecule has 0 fully saturated rings. The number of aliphatic hydroxyl groups excluding tert-OH is 1. The van der Waals surface area contributed by atoms with Crippen LogP contribution in [0.5, 0.6) is 0 Å². The molecule has 0 heterocycles. The van der Waals surface area contributed by atoms with Crippen molar-refractivity contribution in [2.24, 2.45) is 0 Å². The van der Waals surface area contributed by atoms with Gasteiger partial charge in [-0.05, 0) is 55.5 Å². The largest absolute Gasteiger partial charge is 0.393 e. The maximum Gasteiger partial charge on any atom is 0.0540 e. The van der Waals surface area contributed by atoms with Gasteiger partial charge in [0.25, 0.3) is 0 Å². The second-order valence-corrected chi connectivity index (χ2v) is 8.00. The van der Waals surface area contributed by atoms with E-state index in [0.717, 1.165) is 37.1 Å². The van der Waals surface area contributed by atoms with Crippen molar-refractivity contribution in [3.05, 3.63) is 60.2 Å². The molecule has 2 heteroatoms. The Morgan fingerprint density at radius 1 is 0.679 bits per heavy atom. The monoisotopic (exact) mass is 381 g/mol. The summed E-state index contributed by atoms with van der Waals surface area (Å²) in [5.41, 5.74) is 3.57. The van der Waals surface area contributed by atoms with Crippen LogP contribution in [-0.4, -0.2) is 11.2 Å². The first-order valence-corrected chi connectivity index (χ1v) is 11.4. The lowest BCUT2D eigenvalue weighted by atomic mass is 10.0. The number of rotatable bonds is 15. The topological polar surface area (TPSA) is 32.3 Å². The normalized spacial score (nSPS) is 12.1. The zero-order valence-electron chi connectivity index (χ0n) is 17.7. The molecule has 28 heavy (non-hydrogen) atoms. The van der Waals surface area contributed by atoms with Crippen molar-refractivity contribution in [1.82, 2.24) is 0 Å². The molecule has 2 N–H and O–H groups in total. The van der Waals surface area contributed by atoms with Crippen molar-refractivity contribution < 1.29 is 5.11 Å². The third-order valence-electron chi connectivity index (χ3n) is 5.41. The highest BCUT2D eigenvalue weighted by Gasteiger charge is 2.04. The number of benzene rings is 2. The van der Waals surface area contributed by atoms with E-state index in [-0.39, 0.29) is 6.10 Å². The highest BCUT2D eigenvalue weighted by atomic mass is 16.3. The number of aliphatic hydroxyl groups is 1.